The Morgan fingerprint density at radius 1 is 0.456 bits per heavy atom. The average molecular weight is 1780 g/mol. The highest BCUT2D eigenvalue weighted by Crippen LogP contribution is 2.39. The molecule has 16 rings (SSSR count). The SMILES string of the molecule is CC(C)(C)OC(=O)N1CCCC2(C1)NC(=O)c1c(Cl)cc(Br)c(=O)n12.CC(C)(C)OC(=O)N1CCCC2(C1)NC(=O)c1c(Cl)cc(Nc3ccncn3)c(=O)n12.Cl.Cl.Cl.Nc1ccncn1.O=C1NC2(CCCNC2)n2c1c(Cl)cc(Nc1ccncn1)c2=O.O=C1NC2(CCCNC2)n2c1c(Cl)cc(Nc1ccncn1)c2=O. The highest BCUT2D eigenvalue weighted by atomic mass is 79.9. The van der Waals surface area contributed by atoms with E-state index in [1.807, 2.05) is 0 Å². The Labute approximate surface area is 697 Å². The quantitative estimate of drug-likeness (QED) is 0.0751. The second-order valence-corrected chi connectivity index (χ2v) is 31.3. The summed E-state index contributed by atoms with van der Waals surface area (Å²) in [6.45, 7) is 14.6. The lowest BCUT2D eigenvalue weighted by molar-refractivity contribution is 0.00246. The van der Waals surface area contributed by atoms with Crippen LogP contribution in [0.5, 0.6) is 0 Å². The van der Waals surface area contributed by atoms with Crippen LogP contribution in [0.2, 0.25) is 20.1 Å². The van der Waals surface area contributed by atoms with Crippen LogP contribution in [0.25, 0.3) is 0 Å². The van der Waals surface area contributed by atoms with Crippen molar-refractivity contribution in [3.8, 4) is 0 Å². The van der Waals surface area contributed by atoms with Gasteiger partial charge in [-0.2, -0.15) is 0 Å². The number of piperidine rings is 4. The fourth-order valence-electron chi connectivity index (χ4n) is 14.2. The zero-order valence-corrected chi connectivity index (χ0v) is 69.0. The van der Waals surface area contributed by atoms with E-state index in [0.717, 1.165) is 25.9 Å². The van der Waals surface area contributed by atoms with Gasteiger partial charge in [-0.25, -0.2) is 49.5 Å². The first-order valence-electron chi connectivity index (χ1n) is 35.0. The third-order valence-electron chi connectivity index (χ3n) is 18.6. The number of anilines is 7. The summed E-state index contributed by atoms with van der Waals surface area (Å²) in [7, 11) is 0. The van der Waals surface area contributed by atoms with Crippen LogP contribution < -0.4 is 75.8 Å². The number of nitrogens with zero attached hydrogens (tertiary/aromatic N) is 14. The lowest BCUT2D eigenvalue weighted by Crippen LogP contribution is -2.59. The molecule has 4 atom stereocenters. The first kappa shape index (κ1) is 88.1. The summed E-state index contributed by atoms with van der Waals surface area (Å²) < 4.78 is 16.9. The van der Waals surface area contributed by atoms with Crippen molar-refractivity contribution in [2.45, 2.75) is 127 Å². The molecule has 11 N–H and O–H groups in total. The predicted octanol–water partition coefficient (Wildman–Crippen LogP) is 8.11. The minimum absolute atomic E-state index is 0. The number of aromatic nitrogens is 12. The number of halogens is 8. The number of carbonyl (C=O) groups excluding carboxylic acids is 6. The van der Waals surface area contributed by atoms with Crippen LogP contribution in [0.4, 0.5) is 49.9 Å². The Hall–Kier alpha value is -9.83. The van der Waals surface area contributed by atoms with Gasteiger partial charge in [-0.05, 0) is 170 Å². The number of nitrogens with two attached hydrogens (primary N) is 1. The highest BCUT2D eigenvalue weighted by Gasteiger charge is 2.52. The second-order valence-electron chi connectivity index (χ2n) is 28.8. The molecule has 8 aliphatic heterocycles. The minimum atomic E-state index is -1.11. The maximum Gasteiger partial charge on any atom is 0.410 e. The molecular weight excluding hydrogens is 1700 g/mol. The Balaban J connectivity index is 0.000000168. The van der Waals surface area contributed by atoms with E-state index in [1.165, 1.54) is 83.8 Å². The number of nitrogens with one attached hydrogen (secondary N) is 9. The van der Waals surface area contributed by atoms with Gasteiger partial charge in [0, 0.05) is 51.0 Å². The van der Waals surface area contributed by atoms with E-state index >= 15 is 0 Å². The Kier molecular flexibility index (Phi) is 27.8. The number of rotatable bonds is 6. The number of fused-ring (bicyclic) bond motifs is 8. The molecule has 4 unspecified atom stereocenters. The normalized spacial score (nSPS) is 20.4. The molecular formula is C70H80BrCl7N24O12. The highest BCUT2D eigenvalue weighted by molar-refractivity contribution is 9.10. The van der Waals surface area contributed by atoms with Crippen molar-refractivity contribution in [2.24, 2.45) is 0 Å². The standard InChI is InChI=1S/C20H23ClN6O4.C16H19BrClN3O4.2C15H15ClN6O2.C4H5N3.3ClH/c1-19(2,3)31-18(30)26-8-4-6-20(10-26)25-16(28)15-12(21)9-13(17(29)27(15)20)24-14-5-7-22-11-23-14;1-15(2,3)25-14(24)20-6-4-5-16(8-20)19-12(22)11-10(18)7-9(17)13(23)21(11)16;2*16-9-6-10(20-11-2-5-18-8-19-11)14(24)22-12(9)13(23)21-15(22)3-1-4-17-7-15;5-4-1-2-6-3-7-4;;;/h5,7,9,11H,4,6,8,10H2,1-3H3,(H,25,28)(H,22,23,24);7H,4-6,8H2,1-3H3,(H,19,22);2*2,5-6,8,17H,1,3-4,7H2,(H,21,23)(H,18,19,20);1-3H,(H2,5,6,7);3*1H. The van der Waals surface area contributed by atoms with Crippen molar-refractivity contribution < 1.29 is 38.2 Å². The van der Waals surface area contributed by atoms with Crippen LogP contribution in [0.3, 0.4) is 0 Å². The molecule has 0 saturated carbocycles. The minimum Gasteiger partial charge on any atom is -0.444 e. The first-order valence-corrected chi connectivity index (χ1v) is 37.3. The molecule has 44 heteroatoms. The largest absolute Gasteiger partial charge is 0.444 e. The van der Waals surface area contributed by atoms with Crippen LogP contribution in [0, 0.1) is 0 Å². The van der Waals surface area contributed by atoms with E-state index in [1.54, 1.807) is 84.4 Å². The molecule has 36 nitrogen and oxygen atoms in total. The summed E-state index contributed by atoms with van der Waals surface area (Å²) in [6, 6.07) is 12.3. The number of amides is 6. The second kappa shape index (κ2) is 35.9. The van der Waals surface area contributed by atoms with E-state index < -0.39 is 63.4 Å². The van der Waals surface area contributed by atoms with Crippen molar-refractivity contribution in [2.75, 3.05) is 74.0 Å². The smallest absolute Gasteiger partial charge is 0.410 e. The molecule has 0 aliphatic carbocycles. The van der Waals surface area contributed by atoms with Gasteiger partial charge in [0.15, 0.2) is 0 Å². The van der Waals surface area contributed by atoms with Gasteiger partial charge in [-0.15, -0.1) is 37.2 Å². The van der Waals surface area contributed by atoms with E-state index in [4.69, 9.17) is 61.6 Å². The van der Waals surface area contributed by atoms with Gasteiger partial charge >= 0.3 is 12.2 Å². The summed E-state index contributed by atoms with van der Waals surface area (Å²) in [6.07, 6.45) is 16.1. The molecule has 0 radical (unpaired) electrons. The number of ether oxygens (including phenoxy) is 2. The summed E-state index contributed by atoms with van der Waals surface area (Å²) in [5.74, 6) is 0.355. The van der Waals surface area contributed by atoms with Crippen molar-refractivity contribution in [3.63, 3.8) is 0 Å². The van der Waals surface area contributed by atoms with Gasteiger partial charge in [0.2, 0.25) is 0 Å². The number of nitrogen functional groups attached to an aromatic ring is 1. The number of likely N-dealkylation sites (tertiary alicyclic amines) is 2. The number of pyridine rings is 4. The number of hydrogen-bond acceptors (Lipinski definition) is 26. The predicted molar refractivity (Wildman–Crippen MR) is 435 cm³/mol. The molecule has 8 aliphatic rings. The van der Waals surface area contributed by atoms with E-state index in [9.17, 15) is 47.9 Å². The van der Waals surface area contributed by atoms with E-state index in [0.29, 0.717) is 88.0 Å². The van der Waals surface area contributed by atoms with Gasteiger partial charge < -0.3 is 72.9 Å². The monoisotopic (exact) mass is 1770 g/mol. The lowest BCUT2D eigenvalue weighted by atomic mass is 9.98. The molecule has 0 bridgehead atoms. The lowest BCUT2D eigenvalue weighted by Gasteiger charge is -2.41. The Bertz CT molecular complexity index is 5050. The van der Waals surface area contributed by atoms with Crippen molar-refractivity contribution in [1.29, 1.82) is 0 Å². The topological polar surface area (TPSA) is 453 Å². The maximum absolute atomic E-state index is 13.4. The zero-order chi connectivity index (χ0) is 79.5. The molecule has 608 valence electrons. The van der Waals surface area contributed by atoms with Crippen LogP contribution in [0.15, 0.2) is 122 Å². The molecule has 4 saturated heterocycles. The van der Waals surface area contributed by atoms with Gasteiger partial charge in [0.05, 0.1) is 37.7 Å². The zero-order valence-electron chi connectivity index (χ0n) is 61.9. The molecule has 4 spiro atoms. The van der Waals surface area contributed by atoms with Crippen LogP contribution >= 0.6 is 99.6 Å². The van der Waals surface area contributed by atoms with E-state index in [2.05, 4.69) is 104 Å². The third-order valence-corrected chi connectivity index (χ3v) is 20.4. The van der Waals surface area contributed by atoms with Crippen molar-refractivity contribution in [1.82, 2.24) is 99.8 Å². The number of hydrogen-bond donors (Lipinski definition) is 10. The average Bonchev–Trinajstić information content (AvgIpc) is 1.55. The summed E-state index contributed by atoms with van der Waals surface area (Å²) in [5, 5.41) is 27.7. The van der Waals surface area contributed by atoms with Crippen LogP contribution in [-0.4, -0.2) is 167 Å². The molecule has 0 aromatic carbocycles. The fourth-order valence-corrected chi connectivity index (χ4v) is 15.8. The van der Waals surface area contributed by atoms with Crippen molar-refractivity contribution in [3.05, 3.63) is 187 Å². The number of carbonyl (C=O) groups is 6. The third kappa shape index (κ3) is 18.7. The van der Waals surface area contributed by atoms with Gasteiger partial charge in [-0.1, -0.05) is 46.4 Å². The van der Waals surface area contributed by atoms with Crippen molar-refractivity contribution >= 4 is 176 Å². The fraction of sp³-hybridized carbons (Fsp3) is 0.400. The maximum atomic E-state index is 13.4. The van der Waals surface area contributed by atoms with Gasteiger partial charge in [0.25, 0.3) is 45.9 Å². The molecule has 8 aromatic rings. The summed E-state index contributed by atoms with van der Waals surface area (Å²) in [4.78, 5) is 161. The van der Waals surface area contributed by atoms with Crippen LogP contribution in [0.1, 0.15) is 135 Å². The molecule has 6 amide bonds. The molecule has 114 heavy (non-hydrogen) atoms. The molecule has 4 fully saturated rings. The summed E-state index contributed by atoms with van der Waals surface area (Å²) in [5.41, 5.74) is 0.167. The molecule has 8 aromatic heterocycles. The van der Waals surface area contributed by atoms with Gasteiger partial charge in [0.1, 0.15) is 122 Å². The Morgan fingerprint density at radius 2 is 0.763 bits per heavy atom. The Morgan fingerprint density at radius 3 is 1.05 bits per heavy atom. The van der Waals surface area contributed by atoms with E-state index in [-0.39, 0.29) is 143 Å². The first-order chi connectivity index (χ1) is 52.7. The summed E-state index contributed by atoms with van der Waals surface area (Å²) >= 11 is 28.4. The van der Waals surface area contributed by atoms with Gasteiger partial charge in [-0.3, -0.25) is 56.6 Å². The van der Waals surface area contributed by atoms with Crippen LogP contribution in [-0.2, 0) is 32.1 Å². The molecule has 16 heterocycles.